The van der Waals surface area contributed by atoms with E-state index < -0.39 is 6.10 Å². The molecule has 0 saturated carbocycles. The van der Waals surface area contributed by atoms with Crippen molar-refractivity contribution in [3.63, 3.8) is 0 Å². The number of ether oxygens (including phenoxy) is 3. The number of fused-ring (bicyclic) bond motifs is 2. The minimum Gasteiger partial charge on any atom is -0.486 e. The summed E-state index contributed by atoms with van der Waals surface area (Å²) in [5.41, 5.74) is 0.657. The maximum absolute atomic E-state index is 12.7. The van der Waals surface area contributed by atoms with Gasteiger partial charge in [0.2, 0.25) is 0 Å². The summed E-state index contributed by atoms with van der Waals surface area (Å²) >= 11 is 0. The van der Waals surface area contributed by atoms with Crippen molar-refractivity contribution in [2.24, 2.45) is 0 Å². The predicted molar refractivity (Wildman–Crippen MR) is 105 cm³/mol. The number of carbonyl (C=O) groups excluding carboxylic acids is 1. The zero-order chi connectivity index (χ0) is 18.6. The van der Waals surface area contributed by atoms with Gasteiger partial charge in [-0.3, -0.25) is 4.79 Å². The Balaban J connectivity index is 1.47. The van der Waals surface area contributed by atoms with E-state index in [1.807, 2.05) is 49.4 Å². The number of amides is 1. The highest BCUT2D eigenvalue weighted by atomic mass is 16.6. The molecule has 1 heterocycles. The van der Waals surface area contributed by atoms with Crippen LogP contribution in [0.4, 0.5) is 5.69 Å². The van der Waals surface area contributed by atoms with Gasteiger partial charge in [-0.05, 0) is 41.5 Å². The fourth-order valence-corrected chi connectivity index (χ4v) is 3.07. The van der Waals surface area contributed by atoms with Gasteiger partial charge in [-0.15, -0.1) is 0 Å². The molecule has 1 aliphatic heterocycles. The van der Waals surface area contributed by atoms with E-state index in [0.29, 0.717) is 42.6 Å². The minimum absolute atomic E-state index is 0.192. The maximum Gasteiger partial charge on any atom is 0.265 e. The first kappa shape index (κ1) is 17.2. The Kier molecular flexibility index (Phi) is 4.83. The molecule has 1 aliphatic rings. The lowest BCUT2D eigenvalue weighted by atomic mass is 10.1. The van der Waals surface area contributed by atoms with Gasteiger partial charge in [-0.1, -0.05) is 37.3 Å². The van der Waals surface area contributed by atoms with Crippen LogP contribution in [0.15, 0.2) is 60.7 Å². The molecule has 0 aliphatic carbocycles. The maximum atomic E-state index is 12.7. The number of hydrogen-bond acceptors (Lipinski definition) is 4. The quantitative estimate of drug-likeness (QED) is 0.730. The summed E-state index contributed by atoms with van der Waals surface area (Å²) < 4.78 is 17.0. The van der Waals surface area contributed by atoms with Crippen LogP contribution in [0, 0.1) is 0 Å². The molecule has 1 N–H and O–H groups in total. The lowest BCUT2D eigenvalue weighted by molar-refractivity contribution is -0.122. The van der Waals surface area contributed by atoms with Crippen LogP contribution in [0.3, 0.4) is 0 Å². The number of benzene rings is 3. The van der Waals surface area contributed by atoms with E-state index in [0.717, 1.165) is 10.8 Å². The van der Waals surface area contributed by atoms with Gasteiger partial charge in [-0.25, -0.2) is 0 Å². The van der Waals surface area contributed by atoms with Crippen molar-refractivity contribution in [3.05, 3.63) is 60.7 Å². The Morgan fingerprint density at radius 1 is 1.00 bits per heavy atom. The van der Waals surface area contributed by atoms with E-state index in [1.165, 1.54) is 0 Å². The number of anilines is 1. The zero-order valence-electron chi connectivity index (χ0n) is 15.1. The van der Waals surface area contributed by atoms with Crippen LogP contribution >= 0.6 is 0 Å². The van der Waals surface area contributed by atoms with E-state index in [4.69, 9.17) is 14.2 Å². The van der Waals surface area contributed by atoms with Gasteiger partial charge in [0.25, 0.3) is 5.91 Å². The monoisotopic (exact) mass is 363 g/mol. The molecule has 5 heteroatoms. The van der Waals surface area contributed by atoms with Crippen LogP contribution in [0.2, 0.25) is 0 Å². The van der Waals surface area contributed by atoms with E-state index >= 15 is 0 Å². The Bertz CT molecular complexity index is 969. The molecule has 3 aromatic rings. The van der Waals surface area contributed by atoms with E-state index in [1.54, 1.807) is 18.2 Å². The SMILES string of the molecule is CC[C@H](Oc1ccc2ccccc2c1)C(=O)Nc1ccc2c(c1)OCCO2. The van der Waals surface area contributed by atoms with Crippen molar-refractivity contribution >= 4 is 22.4 Å². The molecule has 0 saturated heterocycles. The molecular formula is C22H21NO4. The predicted octanol–water partition coefficient (Wildman–Crippen LogP) is 4.41. The van der Waals surface area contributed by atoms with Gasteiger partial charge >= 0.3 is 0 Å². The topological polar surface area (TPSA) is 56.8 Å². The van der Waals surface area contributed by atoms with Crippen LogP contribution in [0.25, 0.3) is 10.8 Å². The Hall–Kier alpha value is -3.21. The smallest absolute Gasteiger partial charge is 0.265 e. The highest BCUT2D eigenvalue weighted by molar-refractivity contribution is 5.94. The van der Waals surface area contributed by atoms with Crippen LogP contribution < -0.4 is 19.5 Å². The second-order valence-electron chi connectivity index (χ2n) is 6.37. The third kappa shape index (κ3) is 3.82. The van der Waals surface area contributed by atoms with Crippen LogP contribution in [0.5, 0.6) is 17.2 Å². The minimum atomic E-state index is -0.584. The number of nitrogens with one attached hydrogen (secondary N) is 1. The summed E-state index contributed by atoms with van der Waals surface area (Å²) in [5, 5.41) is 5.12. The summed E-state index contributed by atoms with van der Waals surface area (Å²) in [5.74, 6) is 1.82. The molecule has 5 nitrogen and oxygen atoms in total. The molecule has 138 valence electrons. The normalized spacial score (nSPS) is 13.8. The summed E-state index contributed by atoms with van der Waals surface area (Å²) in [6, 6.07) is 19.3. The summed E-state index contributed by atoms with van der Waals surface area (Å²) in [6.07, 6.45) is -0.0252. The summed E-state index contributed by atoms with van der Waals surface area (Å²) in [4.78, 5) is 12.7. The van der Waals surface area contributed by atoms with E-state index in [2.05, 4.69) is 5.32 Å². The van der Waals surface area contributed by atoms with Gasteiger partial charge in [0.1, 0.15) is 19.0 Å². The standard InChI is InChI=1S/C22H21NO4/c1-2-19(27-18-9-7-15-5-3-4-6-16(15)13-18)22(24)23-17-8-10-20-21(14-17)26-12-11-25-20/h3-10,13-14,19H,2,11-12H2,1H3,(H,23,24)/t19-/m0/s1. The Morgan fingerprint density at radius 3 is 2.59 bits per heavy atom. The molecular weight excluding hydrogens is 342 g/mol. The summed E-state index contributed by atoms with van der Waals surface area (Å²) in [6.45, 7) is 2.97. The lowest BCUT2D eigenvalue weighted by Crippen LogP contribution is -2.32. The second kappa shape index (κ2) is 7.58. The first-order valence-corrected chi connectivity index (χ1v) is 9.09. The van der Waals surface area contributed by atoms with Gasteiger partial charge in [0.15, 0.2) is 17.6 Å². The number of hydrogen-bond donors (Lipinski definition) is 1. The Labute approximate surface area is 157 Å². The fraction of sp³-hybridized carbons (Fsp3) is 0.227. The van der Waals surface area contributed by atoms with Crippen molar-refractivity contribution in [1.29, 1.82) is 0 Å². The van der Waals surface area contributed by atoms with Gasteiger partial charge in [0, 0.05) is 11.8 Å². The van der Waals surface area contributed by atoms with Crippen molar-refractivity contribution in [3.8, 4) is 17.2 Å². The van der Waals surface area contributed by atoms with Crippen molar-refractivity contribution in [2.45, 2.75) is 19.4 Å². The van der Waals surface area contributed by atoms with Crippen LogP contribution in [0.1, 0.15) is 13.3 Å². The van der Waals surface area contributed by atoms with Gasteiger partial charge in [0.05, 0.1) is 0 Å². The molecule has 0 spiro atoms. The first-order chi connectivity index (χ1) is 13.2. The van der Waals surface area contributed by atoms with Gasteiger partial charge < -0.3 is 19.5 Å². The van der Waals surface area contributed by atoms with Crippen molar-refractivity contribution < 1.29 is 19.0 Å². The summed E-state index contributed by atoms with van der Waals surface area (Å²) in [7, 11) is 0. The molecule has 1 amide bonds. The van der Waals surface area contributed by atoms with E-state index in [9.17, 15) is 4.79 Å². The fourth-order valence-electron chi connectivity index (χ4n) is 3.07. The largest absolute Gasteiger partial charge is 0.486 e. The first-order valence-electron chi connectivity index (χ1n) is 9.09. The third-order valence-corrected chi connectivity index (χ3v) is 4.47. The number of rotatable bonds is 5. The molecule has 0 bridgehead atoms. The molecule has 27 heavy (non-hydrogen) atoms. The number of carbonyl (C=O) groups is 1. The van der Waals surface area contributed by atoms with Crippen LogP contribution in [-0.2, 0) is 4.79 Å². The van der Waals surface area contributed by atoms with E-state index in [-0.39, 0.29) is 5.91 Å². The average Bonchev–Trinajstić information content (AvgIpc) is 2.71. The molecule has 1 atom stereocenters. The second-order valence-corrected chi connectivity index (χ2v) is 6.37. The highest BCUT2D eigenvalue weighted by Gasteiger charge is 2.20. The lowest BCUT2D eigenvalue weighted by Gasteiger charge is -2.20. The zero-order valence-corrected chi connectivity index (χ0v) is 15.1. The van der Waals surface area contributed by atoms with Gasteiger partial charge in [-0.2, -0.15) is 0 Å². The Morgan fingerprint density at radius 2 is 1.78 bits per heavy atom. The molecule has 0 unspecified atom stereocenters. The average molecular weight is 363 g/mol. The molecule has 4 rings (SSSR count). The molecule has 0 radical (unpaired) electrons. The molecule has 0 aromatic heterocycles. The highest BCUT2D eigenvalue weighted by Crippen LogP contribution is 2.32. The van der Waals surface area contributed by atoms with Crippen LogP contribution in [-0.4, -0.2) is 25.2 Å². The third-order valence-electron chi connectivity index (χ3n) is 4.47. The van der Waals surface area contributed by atoms with Crippen molar-refractivity contribution in [2.75, 3.05) is 18.5 Å². The van der Waals surface area contributed by atoms with Crippen molar-refractivity contribution in [1.82, 2.24) is 0 Å². The molecule has 0 fully saturated rings. The molecule has 3 aromatic carbocycles.